The minimum atomic E-state index is 0.979. The molecule has 3 rings (SSSR count). The molecule has 2 aliphatic rings. The molecule has 0 N–H and O–H groups in total. The largest absolute Gasteiger partial charge is 0.354 e. The van der Waals surface area contributed by atoms with E-state index in [0.717, 1.165) is 45.0 Å². The quantitative estimate of drug-likeness (QED) is 0.811. The van der Waals surface area contributed by atoms with Gasteiger partial charge in [-0.05, 0) is 38.4 Å². The molecule has 3 heterocycles. The van der Waals surface area contributed by atoms with E-state index in [4.69, 9.17) is 4.99 Å². The first-order valence-corrected chi connectivity index (χ1v) is 7.27. The Hall–Kier alpha value is -1.42. The zero-order valence-electron chi connectivity index (χ0n) is 11.7. The van der Waals surface area contributed by atoms with Crippen molar-refractivity contribution in [3.05, 3.63) is 23.9 Å². The Kier molecular flexibility index (Phi) is 3.78. The molecule has 0 spiro atoms. The average Bonchev–Trinajstić information content (AvgIpc) is 2.49. The molecule has 0 aliphatic carbocycles. The number of aliphatic imine (C=N–C) groups is 1. The maximum absolute atomic E-state index is 4.71. The highest BCUT2D eigenvalue weighted by atomic mass is 15.3. The SMILES string of the molecule is CN1CCN(c2ncccc2C2=NCCCC2)CC1. The summed E-state index contributed by atoms with van der Waals surface area (Å²) in [5.41, 5.74) is 2.51. The molecule has 4 heteroatoms. The lowest BCUT2D eigenvalue weighted by molar-refractivity contribution is 0.312. The van der Waals surface area contributed by atoms with Gasteiger partial charge in [-0.2, -0.15) is 0 Å². The number of aromatic nitrogens is 1. The van der Waals surface area contributed by atoms with E-state index in [0.29, 0.717) is 0 Å². The van der Waals surface area contributed by atoms with E-state index in [-0.39, 0.29) is 0 Å². The summed E-state index contributed by atoms with van der Waals surface area (Å²) in [5.74, 6) is 1.14. The molecule has 4 nitrogen and oxygen atoms in total. The van der Waals surface area contributed by atoms with E-state index in [2.05, 4.69) is 27.9 Å². The van der Waals surface area contributed by atoms with Crippen LogP contribution in [0.1, 0.15) is 24.8 Å². The number of hydrogen-bond donors (Lipinski definition) is 0. The van der Waals surface area contributed by atoms with Crippen LogP contribution in [0.3, 0.4) is 0 Å². The molecule has 102 valence electrons. The monoisotopic (exact) mass is 258 g/mol. The van der Waals surface area contributed by atoms with Crippen molar-refractivity contribution < 1.29 is 0 Å². The summed E-state index contributed by atoms with van der Waals surface area (Å²) in [6, 6.07) is 4.22. The molecule has 0 radical (unpaired) electrons. The fourth-order valence-corrected chi connectivity index (χ4v) is 2.81. The molecule has 0 saturated carbocycles. The van der Waals surface area contributed by atoms with Crippen molar-refractivity contribution in [1.82, 2.24) is 9.88 Å². The van der Waals surface area contributed by atoms with Crippen LogP contribution in [0.25, 0.3) is 0 Å². The number of anilines is 1. The van der Waals surface area contributed by atoms with Crippen LogP contribution in [-0.4, -0.2) is 55.4 Å². The van der Waals surface area contributed by atoms with Gasteiger partial charge in [0, 0.05) is 50.2 Å². The molecule has 0 aromatic carbocycles. The fraction of sp³-hybridized carbons (Fsp3) is 0.600. The molecule has 1 fully saturated rings. The highest BCUT2D eigenvalue weighted by molar-refractivity contribution is 6.04. The maximum Gasteiger partial charge on any atom is 0.137 e. The normalized spacial score (nSPS) is 21.3. The van der Waals surface area contributed by atoms with Crippen molar-refractivity contribution in [3.8, 4) is 0 Å². The smallest absolute Gasteiger partial charge is 0.137 e. The van der Waals surface area contributed by atoms with Crippen LogP contribution in [0.2, 0.25) is 0 Å². The van der Waals surface area contributed by atoms with E-state index in [1.54, 1.807) is 0 Å². The summed E-state index contributed by atoms with van der Waals surface area (Å²) < 4.78 is 0. The van der Waals surface area contributed by atoms with Gasteiger partial charge >= 0.3 is 0 Å². The fourth-order valence-electron chi connectivity index (χ4n) is 2.81. The molecule has 0 atom stereocenters. The van der Waals surface area contributed by atoms with Gasteiger partial charge in [0.25, 0.3) is 0 Å². The van der Waals surface area contributed by atoms with Gasteiger partial charge < -0.3 is 9.80 Å². The van der Waals surface area contributed by atoms with Gasteiger partial charge in [-0.3, -0.25) is 4.99 Å². The van der Waals surface area contributed by atoms with Crippen LogP contribution < -0.4 is 4.90 Å². The Morgan fingerprint density at radius 2 is 1.95 bits per heavy atom. The van der Waals surface area contributed by atoms with Gasteiger partial charge in [-0.1, -0.05) is 0 Å². The maximum atomic E-state index is 4.71. The molecule has 1 aromatic rings. The molecule has 1 saturated heterocycles. The van der Waals surface area contributed by atoms with Gasteiger partial charge in [0.1, 0.15) is 5.82 Å². The topological polar surface area (TPSA) is 31.7 Å². The molecule has 0 unspecified atom stereocenters. The Morgan fingerprint density at radius 1 is 1.11 bits per heavy atom. The summed E-state index contributed by atoms with van der Waals surface area (Å²) in [6.45, 7) is 5.33. The van der Waals surface area contributed by atoms with Gasteiger partial charge in [0.2, 0.25) is 0 Å². The molecular formula is C15H22N4. The van der Waals surface area contributed by atoms with E-state index >= 15 is 0 Å². The Labute approximate surface area is 115 Å². The van der Waals surface area contributed by atoms with Gasteiger partial charge in [-0.15, -0.1) is 0 Å². The number of hydrogen-bond acceptors (Lipinski definition) is 4. The third kappa shape index (κ3) is 2.78. The highest BCUT2D eigenvalue weighted by Crippen LogP contribution is 2.23. The first-order chi connectivity index (χ1) is 9.34. The summed E-state index contributed by atoms with van der Waals surface area (Å²) in [4.78, 5) is 14.1. The zero-order chi connectivity index (χ0) is 13.1. The van der Waals surface area contributed by atoms with Crippen LogP contribution in [0.15, 0.2) is 23.3 Å². The summed E-state index contributed by atoms with van der Waals surface area (Å²) in [5, 5.41) is 0. The average molecular weight is 258 g/mol. The third-order valence-electron chi connectivity index (χ3n) is 4.02. The lowest BCUT2D eigenvalue weighted by atomic mass is 10.0. The van der Waals surface area contributed by atoms with E-state index in [1.807, 2.05) is 12.3 Å². The lowest BCUT2D eigenvalue weighted by Crippen LogP contribution is -2.45. The summed E-state index contributed by atoms with van der Waals surface area (Å²) in [7, 11) is 2.18. The van der Waals surface area contributed by atoms with Crippen LogP contribution in [0.5, 0.6) is 0 Å². The standard InChI is InChI=1S/C15H22N4/c1-18-9-11-19(12-10-18)15-13(5-4-8-17-15)14-6-2-3-7-16-14/h4-5,8H,2-3,6-7,9-12H2,1H3. The number of rotatable bonds is 2. The van der Waals surface area contributed by atoms with Gasteiger partial charge in [-0.25, -0.2) is 4.98 Å². The minimum Gasteiger partial charge on any atom is -0.354 e. The highest BCUT2D eigenvalue weighted by Gasteiger charge is 2.20. The van der Waals surface area contributed by atoms with Crippen molar-refractivity contribution in [1.29, 1.82) is 0 Å². The molecule has 0 bridgehead atoms. The van der Waals surface area contributed by atoms with Gasteiger partial charge in [0.05, 0.1) is 0 Å². The molecule has 19 heavy (non-hydrogen) atoms. The Bertz CT molecular complexity index is 461. The number of likely N-dealkylation sites (N-methyl/N-ethyl adjacent to an activating group) is 1. The van der Waals surface area contributed by atoms with Crippen LogP contribution in [0.4, 0.5) is 5.82 Å². The van der Waals surface area contributed by atoms with Crippen molar-refractivity contribution in [3.63, 3.8) is 0 Å². The number of piperazine rings is 1. The second-order valence-corrected chi connectivity index (χ2v) is 5.45. The van der Waals surface area contributed by atoms with Crippen molar-refractivity contribution >= 4 is 11.5 Å². The zero-order valence-corrected chi connectivity index (χ0v) is 11.7. The van der Waals surface area contributed by atoms with Gasteiger partial charge in [0.15, 0.2) is 0 Å². The van der Waals surface area contributed by atoms with Crippen molar-refractivity contribution in [2.75, 3.05) is 44.7 Å². The predicted molar refractivity (Wildman–Crippen MR) is 79.2 cm³/mol. The van der Waals surface area contributed by atoms with E-state index in [1.165, 1.54) is 24.1 Å². The van der Waals surface area contributed by atoms with E-state index < -0.39 is 0 Å². The molecule has 2 aliphatic heterocycles. The number of nitrogens with zero attached hydrogens (tertiary/aromatic N) is 4. The van der Waals surface area contributed by atoms with Crippen LogP contribution in [-0.2, 0) is 0 Å². The Morgan fingerprint density at radius 3 is 2.68 bits per heavy atom. The van der Waals surface area contributed by atoms with Crippen LogP contribution in [0, 0.1) is 0 Å². The molecule has 0 amide bonds. The molecule has 1 aromatic heterocycles. The molecular weight excluding hydrogens is 236 g/mol. The lowest BCUT2D eigenvalue weighted by Gasteiger charge is -2.34. The first-order valence-electron chi connectivity index (χ1n) is 7.27. The predicted octanol–water partition coefficient (Wildman–Crippen LogP) is 1.81. The first kappa shape index (κ1) is 12.6. The second-order valence-electron chi connectivity index (χ2n) is 5.45. The summed E-state index contributed by atoms with van der Waals surface area (Å²) in [6.07, 6.45) is 5.50. The Balaban J connectivity index is 1.87. The number of pyridine rings is 1. The van der Waals surface area contributed by atoms with Crippen molar-refractivity contribution in [2.45, 2.75) is 19.3 Å². The van der Waals surface area contributed by atoms with E-state index in [9.17, 15) is 0 Å². The van der Waals surface area contributed by atoms with Crippen molar-refractivity contribution in [2.24, 2.45) is 4.99 Å². The third-order valence-corrected chi connectivity index (χ3v) is 4.02. The minimum absolute atomic E-state index is 0.979. The second kappa shape index (κ2) is 5.70. The van der Waals surface area contributed by atoms with Crippen LogP contribution >= 0.6 is 0 Å². The summed E-state index contributed by atoms with van der Waals surface area (Å²) >= 11 is 0.